The lowest BCUT2D eigenvalue weighted by Crippen LogP contribution is -2.50. The minimum Gasteiger partial charge on any atom is -0.320 e. The molecule has 1 N–H and O–H groups in total. The summed E-state index contributed by atoms with van der Waals surface area (Å²) in [4.78, 5) is 14.9. The van der Waals surface area contributed by atoms with Crippen molar-refractivity contribution in [1.82, 2.24) is 4.90 Å². The second-order valence-corrected chi connectivity index (χ2v) is 8.92. The molecule has 3 nitrogen and oxygen atoms in total. The number of urea groups is 1. The van der Waals surface area contributed by atoms with E-state index in [1.165, 1.54) is 29.7 Å². The summed E-state index contributed by atoms with van der Waals surface area (Å²) >= 11 is 0. The van der Waals surface area contributed by atoms with Gasteiger partial charge in [0, 0.05) is 18.8 Å². The number of carbonyl (C=O) groups is 1. The van der Waals surface area contributed by atoms with Gasteiger partial charge < -0.3 is 10.2 Å². The molecule has 0 aliphatic heterocycles. The van der Waals surface area contributed by atoms with E-state index in [2.05, 4.69) is 37.4 Å². The molecule has 2 aromatic carbocycles. The maximum absolute atomic E-state index is 13.5. The Hall–Kier alpha value is -2.62. The van der Waals surface area contributed by atoms with E-state index in [4.69, 9.17) is 0 Å². The summed E-state index contributed by atoms with van der Waals surface area (Å²) in [5, 5.41) is 2.88. The first kappa shape index (κ1) is 19.7. The maximum Gasteiger partial charge on any atom is 0.322 e. The summed E-state index contributed by atoms with van der Waals surface area (Å²) in [5.41, 5.74) is 3.40. The van der Waals surface area contributed by atoms with Gasteiger partial charge in [-0.05, 0) is 60.3 Å². The second kappa shape index (κ2) is 8.02. The van der Waals surface area contributed by atoms with Gasteiger partial charge in [-0.3, -0.25) is 0 Å². The van der Waals surface area contributed by atoms with Gasteiger partial charge in [0.2, 0.25) is 0 Å². The maximum atomic E-state index is 13.5. The van der Waals surface area contributed by atoms with E-state index in [0.717, 1.165) is 18.8 Å². The summed E-state index contributed by atoms with van der Waals surface area (Å²) in [5.74, 6) is 0.980. The molecule has 4 heteroatoms. The van der Waals surface area contributed by atoms with Crippen LogP contribution in [0.5, 0.6) is 0 Å². The third kappa shape index (κ3) is 4.21. The van der Waals surface area contributed by atoms with Crippen LogP contribution in [0, 0.1) is 23.1 Å². The highest BCUT2D eigenvalue weighted by Crippen LogP contribution is 2.59. The standard InChI is InChI=1S/C25H29FN2O/c1-25(2)20-12-11-19(23(25)15-20)17-28(14-13-18-7-4-3-5-8-18)24(29)27-22-10-6-9-21(26)16-22/h3-11,16,20,23H,12-15,17H2,1-2H3,(H,27,29). The van der Waals surface area contributed by atoms with Crippen LogP contribution >= 0.6 is 0 Å². The van der Waals surface area contributed by atoms with Gasteiger partial charge in [0.15, 0.2) is 0 Å². The van der Waals surface area contributed by atoms with Crippen LogP contribution in [-0.2, 0) is 6.42 Å². The van der Waals surface area contributed by atoms with Crippen molar-refractivity contribution in [1.29, 1.82) is 0 Å². The number of fused-ring (bicyclic) bond motifs is 1. The van der Waals surface area contributed by atoms with E-state index in [9.17, 15) is 9.18 Å². The summed E-state index contributed by atoms with van der Waals surface area (Å²) in [6.07, 6.45) is 5.48. The van der Waals surface area contributed by atoms with Crippen LogP contribution in [0.4, 0.5) is 14.9 Å². The van der Waals surface area contributed by atoms with Crippen LogP contribution in [-0.4, -0.2) is 24.0 Å². The van der Waals surface area contributed by atoms with E-state index in [1.807, 2.05) is 23.1 Å². The van der Waals surface area contributed by atoms with Crippen molar-refractivity contribution >= 4 is 11.7 Å². The van der Waals surface area contributed by atoms with Gasteiger partial charge in [0.25, 0.3) is 0 Å². The summed E-state index contributed by atoms with van der Waals surface area (Å²) in [6.45, 7) is 5.95. The smallest absolute Gasteiger partial charge is 0.320 e. The number of nitrogens with one attached hydrogen (secondary N) is 1. The van der Waals surface area contributed by atoms with Gasteiger partial charge >= 0.3 is 6.03 Å². The Kier molecular flexibility index (Phi) is 5.44. The van der Waals surface area contributed by atoms with E-state index < -0.39 is 0 Å². The fourth-order valence-electron chi connectivity index (χ4n) is 4.81. The number of hydrogen-bond donors (Lipinski definition) is 1. The molecule has 0 spiro atoms. The van der Waals surface area contributed by atoms with Crippen molar-refractivity contribution in [3.8, 4) is 0 Å². The van der Waals surface area contributed by atoms with Crippen molar-refractivity contribution in [2.45, 2.75) is 33.1 Å². The van der Waals surface area contributed by atoms with Crippen molar-refractivity contribution in [2.75, 3.05) is 18.4 Å². The minimum absolute atomic E-state index is 0.174. The fraction of sp³-hybridized carbons (Fsp3) is 0.400. The van der Waals surface area contributed by atoms with Gasteiger partial charge in [-0.15, -0.1) is 0 Å². The molecule has 3 aliphatic rings. The molecule has 0 saturated heterocycles. The van der Waals surface area contributed by atoms with Crippen LogP contribution in [0.25, 0.3) is 0 Å². The molecule has 5 rings (SSSR count). The molecule has 29 heavy (non-hydrogen) atoms. The number of benzene rings is 2. The highest BCUT2D eigenvalue weighted by Gasteiger charge is 2.51. The average molecular weight is 393 g/mol. The molecule has 2 amide bonds. The zero-order chi connectivity index (χ0) is 20.4. The first-order chi connectivity index (χ1) is 13.9. The number of nitrogens with zero attached hydrogens (tertiary/aromatic N) is 1. The predicted octanol–water partition coefficient (Wildman–Crippen LogP) is 5.89. The van der Waals surface area contributed by atoms with Crippen LogP contribution in [0.1, 0.15) is 32.3 Å². The molecule has 2 aromatic rings. The van der Waals surface area contributed by atoms with E-state index in [-0.39, 0.29) is 11.8 Å². The zero-order valence-electron chi connectivity index (χ0n) is 17.2. The van der Waals surface area contributed by atoms with Crippen molar-refractivity contribution in [3.63, 3.8) is 0 Å². The number of anilines is 1. The molecule has 2 unspecified atom stereocenters. The average Bonchev–Trinajstić information content (AvgIpc) is 2.71. The molecule has 2 atom stereocenters. The SMILES string of the molecule is CC1(C)C2CC=C(CN(CCc3ccccc3)C(=O)Nc3cccc(F)c3)C1C2. The van der Waals surface area contributed by atoms with Crippen LogP contribution in [0.2, 0.25) is 0 Å². The minimum atomic E-state index is -0.351. The van der Waals surface area contributed by atoms with Crippen LogP contribution in [0.15, 0.2) is 66.2 Å². The van der Waals surface area contributed by atoms with E-state index in [0.29, 0.717) is 30.1 Å². The molecule has 2 bridgehead atoms. The summed E-state index contributed by atoms with van der Waals surface area (Å²) in [6, 6.07) is 16.1. The Labute approximate surface area is 172 Å². The third-order valence-electron chi connectivity index (χ3n) is 6.83. The van der Waals surface area contributed by atoms with Crippen LogP contribution < -0.4 is 5.32 Å². The number of allylic oxidation sites excluding steroid dienone is 1. The zero-order valence-corrected chi connectivity index (χ0v) is 17.2. The highest BCUT2D eigenvalue weighted by atomic mass is 19.1. The van der Waals surface area contributed by atoms with Gasteiger partial charge in [0.05, 0.1) is 0 Å². The number of halogens is 1. The normalized spacial score (nSPS) is 21.7. The molecule has 152 valence electrons. The Bertz CT molecular complexity index is 906. The molecule has 1 saturated carbocycles. The molecular weight excluding hydrogens is 363 g/mol. The van der Waals surface area contributed by atoms with Crippen molar-refractivity contribution in [3.05, 3.63) is 77.6 Å². The quantitative estimate of drug-likeness (QED) is 0.610. The molecular formula is C25H29FN2O. The largest absolute Gasteiger partial charge is 0.322 e. The second-order valence-electron chi connectivity index (χ2n) is 8.92. The highest BCUT2D eigenvalue weighted by molar-refractivity contribution is 5.89. The Balaban J connectivity index is 1.49. The Morgan fingerprint density at radius 2 is 1.97 bits per heavy atom. The van der Waals surface area contributed by atoms with Gasteiger partial charge in [-0.1, -0.05) is 61.9 Å². The number of carbonyl (C=O) groups excluding carboxylic acids is 1. The monoisotopic (exact) mass is 392 g/mol. The molecule has 3 aliphatic carbocycles. The lowest BCUT2D eigenvalue weighted by Gasteiger charge is -2.57. The molecule has 0 heterocycles. The Morgan fingerprint density at radius 3 is 2.66 bits per heavy atom. The van der Waals surface area contributed by atoms with Gasteiger partial charge in [-0.25, -0.2) is 9.18 Å². The van der Waals surface area contributed by atoms with Crippen molar-refractivity contribution < 1.29 is 9.18 Å². The number of amides is 2. The summed E-state index contributed by atoms with van der Waals surface area (Å²) < 4.78 is 13.5. The third-order valence-corrected chi connectivity index (χ3v) is 6.83. The molecule has 0 radical (unpaired) electrons. The predicted molar refractivity (Wildman–Crippen MR) is 115 cm³/mol. The molecule has 1 fully saturated rings. The first-order valence-corrected chi connectivity index (χ1v) is 10.5. The fourth-order valence-corrected chi connectivity index (χ4v) is 4.81. The first-order valence-electron chi connectivity index (χ1n) is 10.5. The Morgan fingerprint density at radius 1 is 1.17 bits per heavy atom. The van der Waals surface area contributed by atoms with Crippen molar-refractivity contribution in [2.24, 2.45) is 17.3 Å². The van der Waals surface area contributed by atoms with E-state index in [1.54, 1.807) is 12.1 Å². The lowest BCUT2D eigenvalue weighted by atomic mass is 9.49. The van der Waals surface area contributed by atoms with Crippen LogP contribution in [0.3, 0.4) is 0 Å². The number of hydrogen-bond acceptors (Lipinski definition) is 1. The van der Waals surface area contributed by atoms with Gasteiger partial charge in [0.1, 0.15) is 5.82 Å². The van der Waals surface area contributed by atoms with Gasteiger partial charge in [-0.2, -0.15) is 0 Å². The molecule has 0 aromatic heterocycles. The summed E-state index contributed by atoms with van der Waals surface area (Å²) in [7, 11) is 0. The van der Waals surface area contributed by atoms with E-state index >= 15 is 0 Å². The number of rotatable bonds is 6. The topological polar surface area (TPSA) is 32.3 Å². The lowest BCUT2D eigenvalue weighted by molar-refractivity contribution is -0.00949.